The number of aryl methyl sites for hydroxylation is 1. The molecule has 1 aliphatic rings. The van der Waals surface area contributed by atoms with Crippen LogP contribution in [0.5, 0.6) is 0 Å². The van der Waals surface area contributed by atoms with Crippen LogP contribution in [0.4, 0.5) is 0 Å². The highest BCUT2D eigenvalue weighted by Gasteiger charge is 2.29. The molecular formula is C20H18N4O5S. The van der Waals surface area contributed by atoms with E-state index in [0.717, 1.165) is 5.56 Å². The Hall–Kier alpha value is -3.24. The topological polar surface area (TPSA) is 111 Å². The lowest BCUT2D eigenvalue weighted by molar-refractivity contribution is 0.385. The van der Waals surface area contributed by atoms with Crippen LogP contribution < -0.4 is 5.76 Å². The SMILES string of the molecule is Cc1nc(Cn2c(=O)oc3cc(S(=O)(=O)N4CCc5ccccc5C4)ccc32)no1. The summed E-state index contributed by atoms with van der Waals surface area (Å²) >= 11 is 0. The van der Waals surface area contributed by atoms with Crippen molar-refractivity contribution in [3.05, 3.63) is 75.9 Å². The summed E-state index contributed by atoms with van der Waals surface area (Å²) in [7, 11) is -3.73. The molecule has 2 aromatic carbocycles. The van der Waals surface area contributed by atoms with Gasteiger partial charge in [0.15, 0.2) is 11.4 Å². The zero-order chi connectivity index (χ0) is 20.9. The molecule has 0 fully saturated rings. The van der Waals surface area contributed by atoms with Crippen LogP contribution in [0.25, 0.3) is 11.1 Å². The first-order valence-electron chi connectivity index (χ1n) is 9.41. The van der Waals surface area contributed by atoms with Gasteiger partial charge >= 0.3 is 5.76 Å². The second kappa shape index (κ2) is 6.92. The van der Waals surface area contributed by atoms with E-state index in [0.29, 0.717) is 36.7 Å². The Morgan fingerprint density at radius 3 is 2.70 bits per heavy atom. The normalized spacial score (nSPS) is 14.8. The Bertz CT molecular complexity index is 1420. The molecular weight excluding hydrogens is 408 g/mol. The van der Waals surface area contributed by atoms with E-state index in [9.17, 15) is 13.2 Å². The van der Waals surface area contributed by atoms with Crippen LogP contribution in [-0.4, -0.2) is 34.0 Å². The van der Waals surface area contributed by atoms with Gasteiger partial charge in [-0.3, -0.25) is 4.57 Å². The van der Waals surface area contributed by atoms with Gasteiger partial charge in [0.1, 0.15) is 0 Å². The lowest BCUT2D eigenvalue weighted by Gasteiger charge is -2.28. The lowest BCUT2D eigenvalue weighted by Crippen LogP contribution is -2.35. The summed E-state index contributed by atoms with van der Waals surface area (Å²) < 4.78 is 39.4. The summed E-state index contributed by atoms with van der Waals surface area (Å²) in [4.78, 5) is 16.5. The number of hydrogen-bond donors (Lipinski definition) is 0. The highest BCUT2D eigenvalue weighted by molar-refractivity contribution is 7.89. The number of aromatic nitrogens is 3. The second-order valence-electron chi connectivity index (χ2n) is 7.17. The Labute approximate surface area is 171 Å². The minimum absolute atomic E-state index is 0.0676. The Balaban J connectivity index is 1.49. The van der Waals surface area contributed by atoms with Gasteiger partial charge < -0.3 is 8.94 Å². The van der Waals surface area contributed by atoms with Crippen LogP contribution in [0.2, 0.25) is 0 Å². The molecule has 0 bridgehead atoms. The quantitative estimate of drug-likeness (QED) is 0.491. The van der Waals surface area contributed by atoms with E-state index in [-0.39, 0.29) is 17.0 Å². The molecule has 3 heterocycles. The summed E-state index contributed by atoms with van der Waals surface area (Å²) in [6, 6.07) is 12.3. The molecule has 1 aliphatic heterocycles. The highest BCUT2D eigenvalue weighted by Crippen LogP contribution is 2.27. The number of nitrogens with zero attached hydrogens (tertiary/aromatic N) is 4. The first-order chi connectivity index (χ1) is 14.4. The minimum atomic E-state index is -3.73. The molecule has 0 amide bonds. The molecule has 0 saturated carbocycles. The second-order valence-corrected chi connectivity index (χ2v) is 9.11. The van der Waals surface area contributed by atoms with Crippen LogP contribution in [0.1, 0.15) is 22.8 Å². The molecule has 4 aromatic rings. The number of sulfonamides is 1. The first-order valence-corrected chi connectivity index (χ1v) is 10.9. The van der Waals surface area contributed by atoms with Gasteiger partial charge in [0.2, 0.25) is 15.9 Å². The molecule has 10 heteroatoms. The average molecular weight is 426 g/mol. The molecule has 154 valence electrons. The van der Waals surface area contributed by atoms with Gasteiger partial charge in [0, 0.05) is 26.1 Å². The van der Waals surface area contributed by atoms with Gasteiger partial charge in [0.05, 0.1) is 17.0 Å². The van der Waals surface area contributed by atoms with Crippen molar-refractivity contribution < 1.29 is 17.4 Å². The van der Waals surface area contributed by atoms with E-state index in [1.54, 1.807) is 13.0 Å². The van der Waals surface area contributed by atoms with E-state index in [2.05, 4.69) is 10.1 Å². The largest absolute Gasteiger partial charge is 0.420 e. The number of fused-ring (bicyclic) bond motifs is 2. The molecule has 0 aliphatic carbocycles. The Kier molecular flexibility index (Phi) is 4.33. The Morgan fingerprint density at radius 2 is 1.93 bits per heavy atom. The molecule has 5 rings (SSSR count). The van der Waals surface area contributed by atoms with E-state index in [4.69, 9.17) is 8.94 Å². The van der Waals surface area contributed by atoms with Gasteiger partial charge in [0.25, 0.3) is 0 Å². The van der Waals surface area contributed by atoms with Crippen molar-refractivity contribution in [3.63, 3.8) is 0 Å². The fourth-order valence-corrected chi connectivity index (χ4v) is 5.16. The zero-order valence-corrected chi connectivity index (χ0v) is 16.9. The predicted molar refractivity (Wildman–Crippen MR) is 106 cm³/mol. The number of hydrogen-bond acceptors (Lipinski definition) is 7. The molecule has 0 unspecified atom stereocenters. The lowest BCUT2D eigenvalue weighted by atomic mass is 10.0. The maximum absolute atomic E-state index is 13.2. The standard InChI is InChI=1S/C20H18N4O5S/c1-13-21-19(22-29-13)12-24-17-7-6-16(10-18(17)28-20(24)25)30(26,27)23-9-8-14-4-2-3-5-15(14)11-23/h2-7,10H,8-9,11-12H2,1H3. The number of benzene rings is 2. The van der Waals surface area contributed by atoms with Gasteiger partial charge in [-0.05, 0) is 29.7 Å². The Morgan fingerprint density at radius 1 is 1.13 bits per heavy atom. The predicted octanol–water partition coefficient (Wildman–Crippen LogP) is 2.08. The third-order valence-corrected chi connectivity index (χ3v) is 7.08. The summed E-state index contributed by atoms with van der Waals surface area (Å²) in [5, 5.41) is 3.78. The van der Waals surface area contributed by atoms with E-state index >= 15 is 0 Å². The van der Waals surface area contributed by atoms with Crippen LogP contribution in [0.3, 0.4) is 0 Å². The van der Waals surface area contributed by atoms with Crippen molar-refractivity contribution in [2.45, 2.75) is 31.3 Å². The zero-order valence-electron chi connectivity index (χ0n) is 16.1. The monoisotopic (exact) mass is 426 g/mol. The maximum atomic E-state index is 13.2. The minimum Gasteiger partial charge on any atom is -0.408 e. The molecule has 0 N–H and O–H groups in total. The van der Waals surface area contributed by atoms with Crippen LogP contribution in [-0.2, 0) is 29.5 Å². The molecule has 0 spiro atoms. The first kappa shape index (κ1) is 18.8. The third-order valence-electron chi connectivity index (χ3n) is 5.24. The summed E-state index contributed by atoms with van der Waals surface area (Å²) in [6.45, 7) is 2.44. The van der Waals surface area contributed by atoms with Crippen molar-refractivity contribution in [1.29, 1.82) is 0 Å². The van der Waals surface area contributed by atoms with Gasteiger partial charge in [-0.25, -0.2) is 13.2 Å². The number of rotatable bonds is 4. The van der Waals surface area contributed by atoms with Crippen molar-refractivity contribution in [2.24, 2.45) is 0 Å². The van der Waals surface area contributed by atoms with Crippen LogP contribution in [0, 0.1) is 6.92 Å². The van der Waals surface area contributed by atoms with Crippen molar-refractivity contribution in [1.82, 2.24) is 19.0 Å². The number of oxazole rings is 1. The molecule has 0 saturated heterocycles. The fourth-order valence-electron chi connectivity index (χ4n) is 3.73. The van der Waals surface area contributed by atoms with Crippen LogP contribution >= 0.6 is 0 Å². The van der Waals surface area contributed by atoms with Crippen molar-refractivity contribution in [3.8, 4) is 0 Å². The van der Waals surface area contributed by atoms with Gasteiger partial charge in [-0.1, -0.05) is 29.4 Å². The van der Waals surface area contributed by atoms with Gasteiger partial charge in [-0.15, -0.1) is 0 Å². The van der Waals surface area contributed by atoms with Crippen molar-refractivity contribution >= 4 is 21.1 Å². The summed E-state index contributed by atoms with van der Waals surface area (Å²) in [5.74, 6) is 0.109. The fraction of sp³-hybridized carbons (Fsp3) is 0.250. The molecule has 0 atom stereocenters. The molecule has 9 nitrogen and oxygen atoms in total. The van der Waals surface area contributed by atoms with Gasteiger partial charge in [-0.2, -0.15) is 9.29 Å². The van der Waals surface area contributed by atoms with E-state index in [1.165, 1.54) is 26.6 Å². The maximum Gasteiger partial charge on any atom is 0.420 e. The van der Waals surface area contributed by atoms with E-state index < -0.39 is 15.8 Å². The molecule has 2 aromatic heterocycles. The summed E-state index contributed by atoms with van der Waals surface area (Å²) in [6.07, 6.45) is 0.660. The molecule has 0 radical (unpaired) electrons. The van der Waals surface area contributed by atoms with Crippen LogP contribution in [0.15, 0.2) is 61.1 Å². The van der Waals surface area contributed by atoms with Crippen molar-refractivity contribution in [2.75, 3.05) is 6.54 Å². The average Bonchev–Trinajstić information content (AvgIpc) is 3.29. The van der Waals surface area contributed by atoms with E-state index in [1.807, 2.05) is 24.3 Å². The third kappa shape index (κ3) is 3.14. The smallest absolute Gasteiger partial charge is 0.408 e. The summed E-state index contributed by atoms with van der Waals surface area (Å²) in [5.41, 5.74) is 2.82. The molecule has 30 heavy (non-hydrogen) atoms. The highest BCUT2D eigenvalue weighted by atomic mass is 32.2.